The highest BCUT2D eigenvalue weighted by Crippen LogP contribution is 2.20. The van der Waals surface area contributed by atoms with Gasteiger partial charge in [-0.05, 0) is 18.2 Å². The zero-order chi connectivity index (χ0) is 19.4. The van der Waals surface area contributed by atoms with Gasteiger partial charge in [0.15, 0.2) is 0 Å². The van der Waals surface area contributed by atoms with Gasteiger partial charge < -0.3 is 10.2 Å². The molecule has 0 saturated heterocycles. The van der Waals surface area contributed by atoms with Crippen molar-refractivity contribution in [1.29, 1.82) is 0 Å². The average molecular weight is 385 g/mol. The molecule has 0 aliphatic heterocycles. The standard InChI is InChI=1S/C19H17ClN4O3/c1-23(11-17(25)22-16-9-5-4-8-15(16)20)18(26)12-24-19(27)14-7-3-2-6-13(14)10-21-24/h2-10H,11-12H2,1H3,(H,22,25). The fourth-order valence-corrected chi connectivity index (χ4v) is 2.73. The van der Waals surface area contributed by atoms with Gasteiger partial charge in [0.05, 0.1) is 28.8 Å². The van der Waals surface area contributed by atoms with Gasteiger partial charge in [0.2, 0.25) is 11.8 Å². The smallest absolute Gasteiger partial charge is 0.275 e. The molecule has 0 spiro atoms. The van der Waals surface area contributed by atoms with Gasteiger partial charge in [0.25, 0.3) is 5.56 Å². The lowest BCUT2D eigenvalue weighted by Crippen LogP contribution is -2.39. The molecule has 138 valence electrons. The monoisotopic (exact) mass is 384 g/mol. The Morgan fingerprint density at radius 2 is 1.85 bits per heavy atom. The molecule has 7 nitrogen and oxygen atoms in total. The number of amides is 2. The van der Waals surface area contributed by atoms with E-state index in [-0.39, 0.29) is 18.6 Å². The predicted octanol–water partition coefficient (Wildman–Crippen LogP) is 2.15. The van der Waals surface area contributed by atoms with Crippen molar-refractivity contribution in [3.63, 3.8) is 0 Å². The van der Waals surface area contributed by atoms with Crippen LogP contribution in [0.15, 0.2) is 59.5 Å². The van der Waals surface area contributed by atoms with Crippen LogP contribution in [-0.2, 0) is 16.1 Å². The Morgan fingerprint density at radius 1 is 1.15 bits per heavy atom. The minimum absolute atomic E-state index is 0.174. The lowest BCUT2D eigenvalue weighted by atomic mass is 10.2. The van der Waals surface area contributed by atoms with Crippen molar-refractivity contribution in [1.82, 2.24) is 14.7 Å². The summed E-state index contributed by atoms with van der Waals surface area (Å²) in [7, 11) is 1.49. The quantitative estimate of drug-likeness (QED) is 0.730. The number of carbonyl (C=O) groups excluding carboxylic acids is 2. The highest BCUT2D eigenvalue weighted by atomic mass is 35.5. The molecule has 1 aromatic heterocycles. The minimum Gasteiger partial charge on any atom is -0.335 e. The molecule has 3 aromatic rings. The summed E-state index contributed by atoms with van der Waals surface area (Å²) < 4.78 is 1.09. The first-order valence-corrected chi connectivity index (χ1v) is 8.56. The average Bonchev–Trinajstić information content (AvgIpc) is 2.66. The van der Waals surface area contributed by atoms with E-state index < -0.39 is 11.8 Å². The van der Waals surface area contributed by atoms with Crippen LogP contribution in [0.25, 0.3) is 10.8 Å². The Hall–Kier alpha value is -3.19. The molecule has 2 amide bonds. The van der Waals surface area contributed by atoms with Crippen molar-refractivity contribution in [2.24, 2.45) is 0 Å². The molecule has 1 heterocycles. The molecule has 0 saturated carbocycles. The number of nitrogens with zero attached hydrogens (tertiary/aromatic N) is 3. The van der Waals surface area contributed by atoms with Gasteiger partial charge in [-0.15, -0.1) is 0 Å². The molecule has 0 aliphatic rings. The number of carbonyl (C=O) groups is 2. The molecular weight excluding hydrogens is 368 g/mol. The van der Waals surface area contributed by atoms with Crippen LogP contribution in [0.1, 0.15) is 0 Å². The highest BCUT2D eigenvalue weighted by molar-refractivity contribution is 6.33. The molecule has 0 unspecified atom stereocenters. The number of aromatic nitrogens is 2. The van der Waals surface area contributed by atoms with Crippen molar-refractivity contribution in [3.8, 4) is 0 Å². The predicted molar refractivity (Wildman–Crippen MR) is 104 cm³/mol. The maximum Gasteiger partial charge on any atom is 0.275 e. The third-order valence-electron chi connectivity index (χ3n) is 4.00. The summed E-state index contributed by atoms with van der Waals surface area (Å²) in [6.07, 6.45) is 1.54. The SMILES string of the molecule is CN(CC(=O)Nc1ccccc1Cl)C(=O)Cn1ncc2ccccc2c1=O. The van der Waals surface area contributed by atoms with E-state index in [1.807, 2.05) is 6.07 Å². The van der Waals surface area contributed by atoms with E-state index in [9.17, 15) is 14.4 Å². The largest absolute Gasteiger partial charge is 0.335 e. The first-order valence-electron chi connectivity index (χ1n) is 8.19. The van der Waals surface area contributed by atoms with Crippen LogP contribution >= 0.6 is 11.6 Å². The van der Waals surface area contributed by atoms with E-state index in [0.717, 1.165) is 4.68 Å². The van der Waals surface area contributed by atoms with Crippen LogP contribution in [-0.4, -0.2) is 40.1 Å². The van der Waals surface area contributed by atoms with Crippen LogP contribution in [0.3, 0.4) is 0 Å². The van der Waals surface area contributed by atoms with Gasteiger partial charge in [0.1, 0.15) is 6.54 Å². The molecule has 0 radical (unpaired) electrons. The Kier molecular flexibility index (Phi) is 5.52. The van der Waals surface area contributed by atoms with Crippen LogP contribution in [0.4, 0.5) is 5.69 Å². The van der Waals surface area contributed by atoms with Crippen molar-refractivity contribution >= 4 is 39.9 Å². The number of para-hydroxylation sites is 1. The number of hydrogen-bond donors (Lipinski definition) is 1. The molecule has 0 bridgehead atoms. The molecule has 0 aliphatic carbocycles. The lowest BCUT2D eigenvalue weighted by molar-refractivity contribution is -0.134. The van der Waals surface area contributed by atoms with E-state index in [4.69, 9.17) is 11.6 Å². The summed E-state index contributed by atoms with van der Waals surface area (Å²) in [5, 5.41) is 8.27. The summed E-state index contributed by atoms with van der Waals surface area (Å²) in [6.45, 7) is -0.425. The van der Waals surface area contributed by atoms with Crippen molar-refractivity contribution < 1.29 is 9.59 Å². The number of anilines is 1. The summed E-state index contributed by atoms with van der Waals surface area (Å²) in [5.41, 5.74) is 0.118. The van der Waals surface area contributed by atoms with Crippen LogP contribution < -0.4 is 10.9 Å². The Morgan fingerprint density at radius 3 is 2.63 bits per heavy atom. The van der Waals surface area contributed by atoms with Crippen molar-refractivity contribution in [3.05, 3.63) is 70.1 Å². The first kappa shape index (κ1) is 18.6. The lowest BCUT2D eigenvalue weighted by Gasteiger charge is -2.17. The van der Waals surface area contributed by atoms with E-state index in [0.29, 0.717) is 21.5 Å². The second kappa shape index (κ2) is 8.01. The Balaban J connectivity index is 1.66. The van der Waals surface area contributed by atoms with Gasteiger partial charge >= 0.3 is 0 Å². The summed E-state index contributed by atoms with van der Waals surface area (Å²) in [4.78, 5) is 38.2. The second-order valence-corrected chi connectivity index (χ2v) is 6.38. The van der Waals surface area contributed by atoms with E-state index in [1.54, 1.807) is 42.5 Å². The van der Waals surface area contributed by atoms with Gasteiger partial charge in [-0.2, -0.15) is 5.10 Å². The van der Waals surface area contributed by atoms with Crippen LogP contribution in [0, 0.1) is 0 Å². The number of benzene rings is 2. The van der Waals surface area contributed by atoms with E-state index >= 15 is 0 Å². The summed E-state index contributed by atoms with van der Waals surface area (Å²) in [6, 6.07) is 13.8. The normalized spacial score (nSPS) is 10.6. The zero-order valence-corrected chi connectivity index (χ0v) is 15.3. The van der Waals surface area contributed by atoms with Crippen molar-refractivity contribution in [2.45, 2.75) is 6.54 Å². The van der Waals surface area contributed by atoms with Gasteiger partial charge in [-0.1, -0.05) is 41.9 Å². The maximum absolute atomic E-state index is 12.4. The fourth-order valence-electron chi connectivity index (χ4n) is 2.55. The molecule has 27 heavy (non-hydrogen) atoms. The van der Waals surface area contributed by atoms with Crippen LogP contribution in [0.5, 0.6) is 0 Å². The number of rotatable bonds is 5. The fraction of sp³-hybridized carbons (Fsp3) is 0.158. The van der Waals surface area contributed by atoms with Gasteiger partial charge in [0, 0.05) is 12.4 Å². The first-order chi connectivity index (χ1) is 13.0. The number of nitrogens with one attached hydrogen (secondary N) is 1. The third-order valence-corrected chi connectivity index (χ3v) is 4.33. The molecule has 0 fully saturated rings. The number of likely N-dealkylation sites (N-methyl/N-ethyl adjacent to an activating group) is 1. The number of hydrogen-bond acceptors (Lipinski definition) is 4. The zero-order valence-electron chi connectivity index (χ0n) is 14.6. The highest BCUT2D eigenvalue weighted by Gasteiger charge is 2.16. The number of fused-ring (bicyclic) bond motifs is 1. The van der Waals surface area contributed by atoms with Crippen LogP contribution in [0.2, 0.25) is 5.02 Å². The maximum atomic E-state index is 12.4. The van der Waals surface area contributed by atoms with Gasteiger partial charge in [-0.25, -0.2) is 4.68 Å². The third kappa shape index (κ3) is 4.32. The molecule has 2 aromatic carbocycles. The molecule has 1 N–H and O–H groups in total. The second-order valence-electron chi connectivity index (χ2n) is 5.97. The van der Waals surface area contributed by atoms with Gasteiger partial charge in [-0.3, -0.25) is 14.4 Å². The topological polar surface area (TPSA) is 84.3 Å². The summed E-state index contributed by atoms with van der Waals surface area (Å²) in [5.74, 6) is -0.799. The summed E-state index contributed by atoms with van der Waals surface area (Å²) >= 11 is 6.00. The number of halogens is 1. The molecule has 3 rings (SSSR count). The van der Waals surface area contributed by atoms with E-state index in [2.05, 4.69) is 10.4 Å². The Bertz CT molecular complexity index is 1060. The van der Waals surface area contributed by atoms with E-state index in [1.165, 1.54) is 18.1 Å². The molecule has 8 heteroatoms. The molecule has 0 atom stereocenters. The minimum atomic E-state index is -0.408. The Labute approximate surface area is 160 Å². The molecular formula is C19H17ClN4O3. The van der Waals surface area contributed by atoms with Crippen molar-refractivity contribution in [2.75, 3.05) is 18.9 Å².